The van der Waals surface area contributed by atoms with Crippen LogP contribution in [0.2, 0.25) is 0 Å². The first kappa shape index (κ1) is 23.1. The first-order chi connectivity index (χ1) is 15.2. The molecule has 0 atom stereocenters. The lowest BCUT2D eigenvalue weighted by atomic mass is 9.78. The Bertz CT molecular complexity index is 1040. The average molecular weight is 425 g/mol. The second-order valence-corrected chi connectivity index (χ2v) is 9.02. The molecule has 0 saturated carbocycles. The molecule has 0 saturated heterocycles. The van der Waals surface area contributed by atoms with Crippen LogP contribution in [0.4, 0.5) is 0 Å². The Kier molecular flexibility index (Phi) is 7.05. The molecule has 0 amide bonds. The lowest BCUT2D eigenvalue weighted by Crippen LogP contribution is -2.18. The van der Waals surface area contributed by atoms with Crippen molar-refractivity contribution in [2.24, 2.45) is 0 Å². The number of benzene rings is 4. The van der Waals surface area contributed by atoms with Crippen LogP contribution in [0, 0.1) is 0 Å². The van der Waals surface area contributed by atoms with Crippen LogP contribution in [-0.4, -0.2) is 10.2 Å². The minimum atomic E-state index is -0.174. The monoisotopic (exact) mass is 424 g/mol. The van der Waals surface area contributed by atoms with Gasteiger partial charge in [-0.15, -0.1) is 0 Å². The van der Waals surface area contributed by atoms with E-state index in [1.165, 1.54) is 11.1 Å². The molecule has 2 N–H and O–H groups in total. The maximum absolute atomic E-state index is 9.91. The lowest BCUT2D eigenvalue weighted by Gasteiger charge is -2.26. The van der Waals surface area contributed by atoms with E-state index < -0.39 is 0 Å². The molecule has 2 heteroatoms. The van der Waals surface area contributed by atoms with E-state index in [1.807, 2.05) is 72.8 Å². The SMILES string of the molecule is CC(C)(c1ccccc1)c1ccccc1O.CC(C)(c1ccccc1)c1ccccc1O. The second kappa shape index (κ2) is 9.74. The molecule has 4 aromatic rings. The summed E-state index contributed by atoms with van der Waals surface area (Å²) in [7, 11) is 0. The maximum atomic E-state index is 9.91. The Balaban J connectivity index is 0.000000181. The van der Waals surface area contributed by atoms with E-state index in [2.05, 4.69) is 52.0 Å². The zero-order valence-corrected chi connectivity index (χ0v) is 19.3. The van der Waals surface area contributed by atoms with Gasteiger partial charge in [-0.05, 0) is 23.3 Å². The Morgan fingerprint density at radius 1 is 0.406 bits per heavy atom. The highest BCUT2D eigenvalue weighted by molar-refractivity contribution is 5.46. The Morgan fingerprint density at radius 2 is 0.688 bits per heavy atom. The van der Waals surface area contributed by atoms with Gasteiger partial charge in [0.15, 0.2) is 0 Å². The third kappa shape index (κ3) is 5.03. The fourth-order valence-electron chi connectivity index (χ4n) is 4.02. The topological polar surface area (TPSA) is 40.5 Å². The molecule has 0 aliphatic carbocycles. The van der Waals surface area contributed by atoms with Crippen LogP contribution in [0.25, 0.3) is 0 Å². The molecule has 0 radical (unpaired) electrons. The van der Waals surface area contributed by atoms with Gasteiger partial charge < -0.3 is 10.2 Å². The molecular formula is C30H32O2. The minimum Gasteiger partial charge on any atom is -0.508 e. The first-order valence-electron chi connectivity index (χ1n) is 10.9. The summed E-state index contributed by atoms with van der Waals surface area (Å²) in [6.45, 7) is 8.49. The van der Waals surface area contributed by atoms with E-state index in [9.17, 15) is 10.2 Å². The van der Waals surface area contributed by atoms with Crippen molar-refractivity contribution >= 4 is 0 Å². The van der Waals surface area contributed by atoms with E-state index in [-0.39, 0.29) is 10.8 Å². The van der Waals surface area contributed by atoms with Crippen LogP contribution < -0.4 is 0 Å². The van der Waals surface area contributed by atoms with E-state index in [0.717, 1.165) is 11.1 Å². The number of phenols is 2. The zero-order valence-electron chi connectivity index (χ0n) is 19.3. The van der Waals surface area contributed by atoms with Crippen LogP contribution >= 0.6 is 0 Å². The molecule has 0 bridgehead atoms. The Morgan fingerprint density at radius 3 is 1.00 bits per heavy atom. The Labute approximate surface area is 191 Å². The van der Waals surface area contributed by atoms with Crippen LogP contribution in [-0.2, 0) is 10.8 Å². The third-order valence-electron chi connectivity index (χ3n) is 6.15. The molecule has 4 rings (SSSR count). The second-order valence-electron chi connectivity index (χ2n) is 9.02. The van der Waals surface area contributed by atoms with Gasteiger partial charge in [-0.2, -0.15) is 0 Å². The molecular weight excluding hydrogens is 392 g/mol. The molecule has 0 heterocycles. The van der Waals surface area contributed by atoms with Crippen molar-refractivity contribution in [2.75, 3.05) is 0 Å². The standard InChI is InChI=1S/2C15H16O/c2*1-15(2,12-8-4-3-5-9-12)13-10-6-7-11-14(13)16/h2*3-11,16H,1-2H3. The molecule has 32 heavy (non-hydrogen) atoms. The van der Waals surface area contributed by atoms with Gasteiger partial charge in [0, 0.05) is 22.0 Å². The molecule has 0 fully saturated rings. The minimum absolute atomic E-state index is 0.174. The highest BCUT2D eigenvalue weighted by Crippen LogP contribution is 2.37. The molecule has 4 aromatic carbocycles. The van der Waals surface area contributed by atoms with Gasteiger partial charge in [-0.25, -0.2) is 0 Å². The molecule has 2 nitrogen and oxygen atoms in total. The van der Waals surface area contributed by atoms with Gasteiger partial charge in [0.25, 0.3) is 0 Å². The summed E-state index contributed by atoms with van der Waals surface area (Å²) in [5.41, 5.74) is 3.98. The highest BCUT2D eigenvalue weighted by Gasteiger charge is 2.26. The normalized spacial score (nSPS) is 11.4. The lowest BCUT2D eigenvalue weighted by molar-refractivity contribution is 0.452. The summed E-state index contributed by atoms with van der Waals surface area (Å²) >= 11 is 0. The van der Waals surface area contributed by atoms with Crippen molar-refractivity contribution in [1.82, 2.24) is 0 Å². The summed E-state index contributed by atoms with van der Waals surface area (Å²) in [6, 6.07) is 35.5. The molecule has 0 unspecified atom stereocenters. The van der Waals surface area contributed by atoms with E-state index in [0.29, 0.717) is 11.5 Å². The average Bonchev–Trinajstić information content (AvgIpc) is 2.81. The van der Waals surface area contributed by atoms with Crippen molar-refractivity contribution < 1.29 is 10.2 Å². The summed E-state index contributed by atoms with van der Waals surface area (Å²) in [5, 5.41) is 19.8. The number of phenolic OH excluding ortho intramolecular Hbond substituents is 2. The number of hydrogen-bond donors (Lipinski definition) is 2. The molecule has 0 spiro atoms. The van der Waals surface area contributed by atoms with Gasteiger partial charge in [-0.3, -0.25) is 0 Å². The van der Waals surface area contributed by atoms with Gasteiger partial charge in [0.1, 0.15) is 11.5 Å². The molecule has 0 aliphatic heterocycles. The van der Waals surface area contributed by atoms with Crippen molar-refractivity contribution in [3.05, 3.63) is 131 Å². The maximum Gasteiger partial charge on any atom is 0.119 e. The zero-order chi connectivity index (χ0) is 23.2. The quantitative estimate of drug-likeness (QED) is 0.357. The summed E-state index contributed by atoms with van der Waals surface area (Å²) in [4.78, 5) is 0. The van der Waals surface area contributed by atoms with Gasteiger partial charge in [0.05, 0.1) is 0 Å². The number of hydrogen-bond acceptors (Lipinski definition) is 2. The fourth-order valence-corrected chi connectivity index (χ4v) is 4.02. The highest BCUT2D eigenvalue weighted by atomic mass is 16.3. The van der Waals surface area contributed by atoms with Gasteiger partial charge in [0.2, 0.25) is 0 Å². The van der Waals surface area contributed by atoms with Crippen molar-refractivity contribution in [3.63, 3.8) is 0 Å². The van der Waals surface area contributed by atoms with Crippen LogP contribution in [0.5, 0.6) is 11.5 Å². The van der Waals surface area contributed by atoms with Crippen molar-refractivity contribution in [1.29, 1.82) is 0 Å². The molecule has 0 aliphatic rings. The Hall–Kier alpha value is -3.52. The summed E-state index contributed by atoms with van der Waals surface area (Å²) < 4.78 is 0. The fraction of sp³-hybridized carbons (Fsp3) is 0.200. The summed E-state index contributed by atoms with van der Waals surface area (Å²) in [6.07, 6.45) is 0. The van der Waals surface area contributed by atoms with Crippen LogP contribution in [0.15, 0.2) is 109 Å². The first-order valence-corrected chi connectivity index (χ1v) is 10.9. The number of rotatable bonds is 4. The largest absolute Gasteiger partial charge is 0.508 e. The van der Waals surface area contributed by atoms with Crippen LogP contribution in [0.1, 0.15) is 49.9 Å². The molecule has 0 aromatic heterocycles. The van der Waals surface area contributed by atoms with E-state index >= 15 is 0 Å². The van der Waals surface area contributed by atoms with E-state index in [1.54, 1.807) is 12.1 Å². The van der Waals surface area contributed by atoms with E-state index in [4.69, 9.17) is 0 Å². The molecule has 164 valence electrons. The van der Waals surface area contributed by atoms with Gasteiger partial charge >= 0.3 is 0 Å². The van der Waals surface area contributed by atoms with Gasteiger partial charge in [-0.1, -0.05) is 125 Å². The third-order valence-corrected chi connectivity index (χ3v) is 6.15. The van der Waals surface area contributed by atoms with Crippen LogP contribution in [0.3, 0.4) is 0 Å². The number of aromatic hydroxyl groups is 2. The predicted octanol–water partition coefficient (Wildman–Crippen LogP) is 7.44. The smallest absolute Gasteiger partial charge is 0.119 e. The van der Waals surface area contributed by atoms with Crippen molar-refractivity contribution in [3.8, 4) is 11.5 Å². The predicted molar refractivity (Wildman–Crippen MR) is 133 cm³/mol. The summed E-state index contributed by atoms with van der Waals surface area (Å²) in [5.74, 6) is 0.715. The number of para-hydroxylation sites is 2. The van der Waals surface area contributed by atoms with Crippen molar-refractivity contribution in [2.45, 2.75) is 38.5 Å².